The lowest BCUT2D eigenvalue weighted by atomic mass is 10.0. The Morgan fingerprint density at radius 1 is 1.06 bits per heavy atom. The van der Waals surface area contributed by atoms with E-state index < -0.39 is 0 Å². The lowest BCUT2D eigenvalue weighted by Gasteiger charge is -2.35. The first kappa shape index (κ1) is 25.8. The van der Waals surface area contributed by atoms with E-state index in [1.54, 1.807) is 14.2 Å². The van der Waals surface area contributed by atoms with Crippen LogP contribution in [0.5, 0.6) is 11.5 Å². The Bertz CT molecular complexity index is 668. The number of nitrogens with zero attached hydrogens (tertiary/aromatic N) is 3. The summed E-state index contributed by atoms with van der Waals surface area (Å²) < 4.78 is 10.8. The minimum absolute atomic E-state index is 0. The molecule has 176 valence electrons. The van der Waals surface area contributed by atoms with Gasteiger partial charge in [-0.2, -0.15) is 0 Å². The number of halogens is 1. The van der Waals surface area contributed by atoms with Gasteiger partial charge in [-0.3, -0.25) is 9.89 Å². The molecule has 0 unspecified atom stereocenters. The van der Waals surface area contributed by atoms with Gasteiger partial charge in [0.25, 0.3) is 0 Å². The predicted molar refractivity (Wildman–Crippen MR) is 140 cm³/mol. The molecule has 1 aromatic rings. The van der Waals surface area contributed by atoms with Crippen molar-refractivity contribution in [2.45, 2.75) is 51.6 Å². The summed E-state index contributed by atoms with van der Waals surface area (Å²) in [4.78, 5) is 9.79. The van der Waals surface area contributed by atoms with Gasteiger partial charge in [-0.05, 0) is 39.2 Å². The van der Waals surface area contributed by atoms with Crippen LogP contribution in [0.15, 0.2) is 23.2 Å². The molecule has 3 rings (SSSR count). The second kappa shape index (κ2) is 13.2. The number of nitrogens with one attached hydrogen (secondary N) is 2. The number of guanidine groups is 1. The molecule has 0 atom stereocenters. The zero-order valence-corrected chi connectivity index (χ0v) is 21.9. The SMILES string of the molecule is CCNC(=NCCN(CC)C1CC1)NC1CCN(c2cc(OC)cc(OC)c2)CC1.I. The minimum atomic E-state index is 0. The Morgan fingerprint density at radius 2 is 1.71 bits per heavy atom. The number of likely N-dealkylation sites (N-methyl/N-ethyl adjacent to an activating group) is 1. The van der Waals surface area contributed by atoms with E-state index in [1.807, 2.05) is 6.07 Å². The highest BCUT2D eigenvalue weighted by molar-refractivity contribution is 14.0. The minimum Gasteiger partial charge on any atom is -0.497 e. The third-order valence-electron chi connectivity index (χ3n) is 6.01. The summed E-state index contributed by atoms with van der Waals surface area (Å²) in [5, 5.41) is 7.07. The quantitative estimate of drug-likeness (QED) is 0.267. The van der Waals surface area contributed by atoms with Crippen molar-refractivity contribution in [2.24, 2.45) is 4.99 Å². The van der Waals surface area contributed by atoms with Crippen LogP contribution in [-0.2, 0) is 0 Å². The summed E-state index contributed by atoms with van der Waals surface area (Å²) >= 11 is 0. The molecule has 1 aliphatic heterocycles. The highest BCUT2D eigenvalue weighted by atomic mass is 127. The van der Waals surface area contributed by atoms with Gasteiger partial charge >= 0.3 is 0 Å². The van der Waals surface area contributed by atoms with E-state index in [0.29, 0.717) is 6.04 Å². The van der Waals surface area contributed by atoms with Crippen LogP contribution in [0.1, 0.15) is 39.5 Å². The Labute approximate surface area is 205 Å². The van der Waals surface area contributed by atoms with E-state index in [1.165, 1.54) is 12.8 Å². The Kier molecular flexibility index (Phi) is 11.0. The molecule has 1 aliphatic carbocycles. The highest BCUT2D eigenvalue weighted by Crippen LogP contribution is 2.30. The summed E-state index contributed by atoms with van der Waals surface area (Å²) in [7, 11) is 3.39. The number of hydrogen-bond acceptors (Lipinski definition) is 5. The topological polar surface area (TPSA) is 61.4 Å². The summed E-state index contributed by atoms with van der Waals surface area (Å²) in [6.45, 7) is 10.3. The van der Waals surface area contributed by atoms with E-state index in [2.05, 4.69) is 46.4 Å². The van der Waals surface area contributed by atoms with Crippen LogP contribution >= 0.6 is 24.0 Å². The number of ether oxygens (including phenoxy) is 2. The molecule has 1 saturated carbocycles. The van der Waals surface area contributed by atoms with Crippen molar-refractivity contribution in [1.29, 1.82) is 0 Å². The zero-order chi connectivity index (χ0) is 21.3. The van der Waals surface area contributed by atoms with Gasteiger partial charge in [-0.15, -0.1) is 24.0 Å². The van der Waals surface area contributed by atoms with E-state index in [0.717, 1.165) is 81.3 Å². The van der Waals surface area contributed by atoms with Gasteiger partial charge in [0.05, 0.1) is 20.8 Å². The third kappa shape index (κ3) is 7.89. The first-order chi connectivity index (χ1) is 14.7. The maximum atomic E-state index is 5.42. The number of piperidine rings is 1. The van der Waals surface area contributed by atoms with Crippen LogP contribution in [0.3, 0.4) is 0 Å². The van der Waals surface area contributed by atoms with Crippen molar-refractivity contribution in [1.82, 2.24) is 15.5 Å². The Hall–Kier alpha value is -1.42. The zero-order valence-electron chi connectivity index (χ0n) is 19.5. The van der Waals surface area contributed by atoms with E-state index >= 15 is 0 Å². The van der Waals surface area contributed by atoms with Crippen molar-refractivity contribution < 1.29 is 9.47 Å². The highest BCUT2D eigenvalue weighted by Gasteiger charge is 2.27. The lowest BCUT2D eigenvalue weighted by molar-refractivity contribution is 0.286. The molecule has 7 nitrogen and oxygen atoms in total. The van der Waals surface area contributed by atoms with Gasteiger partial charge in [0.2, 0.25) is 0 Å². The van der Waals surface area contributed by atoms with Crippen LogP contribution in [0.2, 0.25) is 0 Å². The molecule has 0 aromatic heterocycles. The second-order valence-corrected chi connectivity index (χ2v) is 8.10. The van der Waals surface area contributed by atoms with Gasteiger partial charge in [0.1, 0.15) is 11.5 Å². The molecule has 0 radical (unpaired) electrons. The molecular formula is C23H40IN5O2. The molecule has 8 heteroatoms. The van der Waals surface area contributed by atoms with Crippen molar-refractivity contribution in [2.75, 3.05) is 58.4 Å². The van der Waals surface area contributed by atoms with Gasteiger partial charge in [-0.1, -0.05) is 6.92 Å². The number of aliphatic imine (C=N–C) groups is 1. The maximum Gasteiger partial charge on any atom is 0.191 e. The molecule has 2 fully saturated rings. The summed E-state index contributed by atoms with van der Waals surface area (Å²) in [5.74, 6) is 2.61. The van der Waals surface area contributed by atoms with Crippen molar-refractivity contribution in [3.8, 4) is 11.5 Å². The van der Waals surface area contributed by atoms with Gasteiger partial charge < -0.3 is 25.0 Å². The smallest absolute Gasteiger partial charge is 0.191 e. The molecule has 1 aromatic carbocycles. The van der Waals surface area contributed by atoms with Gasteiger partial charge in [0, 0.05) is 62.1 Å². The molecule has 0 spiro atoms. The molecular weight excluding hydrogens is 505 g/mol. The summed E-state index contributed by atoms with van der Waals surface area (Å²) in [6.07, 6.45) is 4.86. The first-order valence-electron chi connectivity index (χ1n) is 11.4. The van der Waals surface area contributed by atoms with Crippen molar-refractivity contribution in [3.63, 3.8) is 0 Å². The average molecular weight is 546 g/mol. The predicted octanol–water partition coefficient (Wildman–Crippen LogP) is 3.33. The fourth-order valence-corrected chi connectivity index (χ4v) is 4.10. The Morgan fingerprint density at radius 3 is 2.23 bits per heavy atom. The normalized spacial score (nSPS) is 17.3. The van der Waals surface area contributed by atoms with Crippen LogP contribution < -0.4 is 25.0 Å². The fraction of sp³-hybridized carbons (Fsp3) is 0.696. The van der Waals surface area contributed by atoms with Crippen LogP contribution in [-0.4, -0.2) is 76.4 Å². The average Bonchev–Trinajstić information content (AvgIpc) is 3.62. The molecule has 2 N–H and O–H groups in total. The van der Waals surface area contributed by atoms with Gasteiger partial charge in [-0.25, -0.2) is 0 Å². The summed E-state index contributed by atoms with van der Waals surface area (Å²) in [5.41, 5.74) is 1.16. The molecule has 1 saturated heterocycles. The van der Waals surface area contributed by atoms with Gasteiger partial charge in [0.15, 0.2) is 5.96 Å². The molecule has 0 amide bonds. The second-order valence-electron chi connectivity index (χ2n) is 8.10. The fourth-order valence-electron chi connectivity index (χ4n) is 4.10. The monoisotopic (exact) mass is 545 g/mol. The number of methoxy groups -OCH3 is 2. The molecule has 31 heavy (non-hydrogen) atoms. The lowest BCUT2D eigenvalue weighted by Crippen LogP contribution is -2.49. The van der Waals surface area contributed by atoms with Crippen LogP contribution in [0.25, 0.3) is 0 Å². The number of benzene rings is 1. The number of rotatable bonds is 10. The molecule has 1 heterocycles. The largest absolute Gasteiger partial charge is 0.497 e. The Balaban J connectivity index is 0.00000341. The first-order valence-corrected chi connectivity index (χ1v) is 11.4. The van der Waals surface area contributed by atoms with Crippen molar-refractivity contribution in [3.05, 3.63) is 18.2 Å². The van der Waals surface area contributed by atoms with E-state index in [9.17, 15) is 0 Å². The number of anilines is 1. The van der Waals surface area contributed by atoms with E-state index in [-0.39, 0.29) is 24.0 Å². The summed E-state index contributed by atoms with van der Waals surface area (Å²) in [6, 6.07) is 7.33. The van der Waals surface area contributed by atoms with E-state index in [4.69, 9.17) is 14.5 Å². The van der Waals surface area contributed by atoms with Crippen LogP contribution in [0.4, 0.5) is 5.69 Å². The van der Waals surface area contributed by atoms with Crippen molar-refractivity contribution >= 4 is 35.6 Å². The molecule has 0 bridgehead atoms. The molecule has 2 aliphatic rings. The third-order valence-corrected chi connectivity index (χ3v) is 6.01. The maximum absolute atomic E-state index is 5.42. The number of hydrogen-bond donors (Lipinski definition) is 2. The van der Waals surface area contributed by atoms with Crippen LogP contribution in [0, 0.1) is 0 Å². The standard InChI is InChI=1S/C23H39N5O2.HI/c1-5-24-23(25-11-14-27(6-2)19-7-8-19)26-18-9-12-28(13-10-18)20-15-21(29-3)17-22(16-20)30-4;/h15-19H,5-14H2,1-4H3,(H2,24,25,26);1H.